The zero-order valence-electron chi connectivity index (χ0n) is 13.4. The van der Waals surface area contributed by atoms with Gasteiger partial charge >= 0.3 is 0 Å². The third-order valence-electron chi connectivity index (χ3n) is 3.48. The molecule has 0 atom stereocenters. The molecule has 0 bridgehead atoms. The number of benzene rings is 1. The van der Waals surface area contributed by atoms with E-state index in [9.17, 15) is 0 Å². The predicted octanol–water partition coefficient (Wildman–Crippen LogP) is 3.51. The van der Waals surface area contributed by atoms with Crippen molar-refractivity contribution in [3.05, 3.63) is 47.3 Å². The van der Waals surface area contributed by atoms with Gasteiger partial charge in [0.15, 0.2) is 5.76 Å². The van der Waals surface area contributed by atoms with Gasteiger partial charge in [0.05, 0.1) is 12.2 Å². The van der Waals surface area contributed by atoms with Crippen LogP contribution < -0.4 is 10.2 Å². The van der Waals surface area contributed by atoms with Gasteiger partial charge in [-0.2, -0.15) is 0 Å². The minimum atomic E-state index is 0.448. The Morgan fingerprint density at radius 2 is 2.05 bits per heavy atom. The first-order chi connectivity index (χ1) is 10.1. The van der Waals surface area contributed by atoms with Gasteiger partial charge in [0.1, 0.15) is 0 Å². The summed E-state index contributed by atoms with van der Waals surface area (Å²) in [6.45, 7) is 11.0. The van der Waals surface area contributed by atoms with Crippen LogP contribution >= 0.6 is 0 Å². The Morgan fingerprint density at radius 1 is 1.29 bits per heavy atom. The Labute approximate surface area is 127 Å². The minimum absolute atomic E-state index is 0.448. The lowest BCUT2D eigenvalue weighted by molar-refractivity contribution is 0.372. The summed E-state index contributed by atoms with van der Waals surface area (Å²) in [5, 5.41) is 7.47. The summed E-state index contributed by atoms with van der Waals surface area (Å²) in [5.41, 5.74) is 3.48. The summed E-state index contributed by atoms with van der Waals surface area (Å²) >= 11 is 0. The van der Waals surface area contributed by atoms with Crippen LogP contribution in [0.15, 0.2) is 34.9 Å². The smallest absolute Gasteiger partial charge is 0.156 e. The number of nitrogens with one attached hydrogen (secondary N) is 1. The van der Waals surface area contributed by atoms with Crippen LogP contribution in [0.1, 0.15) is 37.8 Å². The molecule has 1 heterocycles. The molecule has 2 rings (SSSR count). The number of aromatic nitrogens is 1. The van der Waals surface area contributed by atoms with Gasteiger partial charge in [-0.3, -0.25) is 0 Å². The molecule has 4 heteroatoms. The molecule has 0 spiro atoms. The zero-order valence-corrected chi connectivity index (χ0v) is 13.4. The van der Waals surface area contributed by atoms with E-state index in [1.807, 2.05) is 6.07 Å². The number of anilines is 1. The molecule has 0 radical (unpaired) electrons. The minimum Gasteiger partial charge on any atom is -0.364 e. The van der Waals surface area contributed by atoms with Crippen molar-refractivity contribution in [3.8, 4) is 0 Å². The molecule has 0 aliphatic heterocycles. The summed E-state index contributed by atoms with van der Waals surface area (Å²) in [5.74, 6) is 0.903. The number of rotatable bonds is 7. The summed E-state index contributed by atoms with van der Waals surface area (Å²) in [6, 6.07) is 10.9. The highest BCUT2D eigenvalue weighted by Gasteiger charge is 2.11. The van der Waals surface area contributed by atoms with Crippen LogP contribution in [0.3, 0.4) is 0 Å². The van der Waals surface area contributed by atoms with Gasteiger partial charge in [-0.05, 0) is 25.5 Å². The molecule has 0 fully saturated rings. The van der Waals surface area contributed by atoms with Crippen molar-refractivity contribution < 1.29 is 4.52 Å². The Bertz CT molecular complexity index is 563. The molecule has 1 aromatic heterocycles. The predicted molar refractivity (Wildman–Crippen MR) is 86.4 cm³/mol. The quantitative estimate of drug-likeness (QED) is 0.846. The summed E-state index contributed by atoms with van der Waals surface area (Å²) in [7, 11) is 0. The Hall–Kier alpha value is -1.81. The molecule has 0 saturated heterocycles. The van der Waals surface area contributed by atoms with E-state index in [-0.39, 0.29) is 0 Å². The van der Waals surface area contributed by atoms with Crippen LogP contribution in [0.2, 0.25) is 0 Å². The highest BCUT2D eigenvalue weighted by Crippen LogP contribution is 2.21. The fraction of sp³-hybridized carbons (Fsp3) is 0.471. The van der Waals surface area contributed by atoms with Crippen LogP contribution in [-0.2, 0) is 13.1 Å². The zero-order chi connectivity index (χ0) is 15.2. The van der Waals surface area contributed by atoms with Crippen LogP contribution in [0.5, 0.6) is 0 Å². The number of hydrogen-bond acceptors (Lipinski definition) is 4. The normalized spacial score (nSPS) is 11.1. The third-order valence-corrected chi connectivity index (χ3v) is 3.48. The van der Waals surface area contributed by atoms with Crippen LogP contribution in [0.4, 0.5) is 5.69 Å². The van der Waals surface area contributed by atoms with Crippen LogP contribution in [0, 0.1) is 6.92 Å². The van der Waals surface area contributed by atoms with Gasteiger partial charge in [-0.25, -0.2) is 0 Å². The SMILES string of the molecule is CCN(Cc1cc(CNC(C)C)no1)c1ccccc1C. The number of nitrogens with zero attached hydrogens (tertiary/aromatic N) is 2. The standard InChI is InChI=1S/C17H25N3O/c1-5-20(17-9-7-6-8-14(17)4)12-16-10-15(19-21-16)11-18-13(2)3/h6-10,13,18H,5,11-12H2,1-4H3. The van der Waals surface area contributed by atoms with Crippen molar-refractivity contribution >= 4 is 5.69 Å². The molecule has 0 aliphatic rings. The van der Waals surface area contributed by atoms with Crippen molar-refractivity contribution in [2.45, 2.75) is 46.8 Å². The van der Waals surface area contributed by atoms with Gasteiger partial charge in [-0.15, -0.1) is 0 Å². The van der Waals surface area contributed by atoms with Crippen molar-refractivity contribution in [2.75, 3.05) is 11.4 Å². The molecule has 114 valence electrons. The number of hydrogen-bond donors (Lipinski definition) is 1. The molecule has 0 saturated carbocycles. The molecule has 21 heavy (non-hydrogen) atoms. The lowest BCUT2D eigenvalue weighted by atomic mass is 10.1. The topological polar surface area (TPSA) is 41.3 Å². The van der Waals surface area contributed by atoms with E-state index in [1.165, 1.54) is 11.3 Å². The monoisotopic (exact) mass is 287 g/mol. The van der Waals surface area contributed by atoms with Crippen molar-refractivity contribution in [1.29, 1.82) is 0 Å². The molecule has 0 amide bonds. The second-order valence-electron chi connectivity index (χ2n) is 5.62. The molecular formula is C17H25N3O. The summed E-state index contributed by atoms with van der Waals surface area (Å²) in [6.07, 6.45) is 0. The molecule has 1 aromatic carbocycles. The second kappa shape index (κ2) is 7.27. The Kier molecular flexibility index (Phi) is 5.39. The fourth-order valence-electron chi connectivity index (χ4n) is 2.30. The molecule has 1 N–H and O–H groups in total. The first-order valence-corrected chi connectivity index (χ1v) is 7.58. The van der Waals surface area contributed by atoms with E-state index in [0.29, 0.717) is 6.04 Å². The fourth-order valence-corrected chi connectivity index (χ4v) is 2.30. The van der Waals surface area contributed by atoms with E-state index >= 15 is 0 Å². The van der Waals surface area contributed by atoms with Crippen molar-refractivity contribution in [2.24, 2.45) is 0 Å². The van der Waals surface area contributed by atoms with E-state index < -0.39 is 0 Å². The first-order valence-electron chi connectivity index (χ1n) is 7.58. The molecular weight excluding hydrogens is 262 g/mol. The highest BCUT2D eigenvalue weighted by atomic mass is 16.5. The van der Waals surface area contributed by atoms with E-state index in [4.69, 9.17) is 4.52 Å². The van der Waals surface area contributed by atoms with E-state index in [0.717, 1.165) is 31.1 Å². The van der Waals surface area contributed by atoms with E-state index in [1.54, 1.807) is 0 Å². The Balaban J connectivity index is 2.04. The van der Waals surface area contributed by atoms with Crippen molar-refractivity contribution in [3.63, 3.8) is 0 Å². The largest absolute Gasteiger partial charge is 0.364 e. The van der Waals surface area contributed by atoms with Gasteiger partial charge in [0, 0.05) is 30.9 Å². The number of aryl methyl sites for hydroxylation is 1. The summed E-state index contributed by atoms with van der Waals surface area (Å²) in [4.78, 5) is 2.30. The van der Waals surface area contributed by atoms with Gasteiger partial charge in [0.25, 0.3) is 0 Å². The van der Waals surface area contributed by atoms with Crippen LogP contribution in [-0.4, -0.2) is 17.7 Å². The average Bonchev–Trinajstić information content (AvgIpc) is 2.91. The highest BCUT2D eigenvalue weighted by molar-refractivity contribution is 5.52. The second-order valence-corrected chi connectivity index (χ2v) is 5.62. The van der Waals surface area contributed by atoms with Gasteiger partial charge in [-0.1, -0.05) is 37.2 Å². The third kappa shape index (κ3) is 4.33. The van der Waals surface area contributed by atoms with E-state index in [2.05, 4.69) is 67.3 Å². The lowest BCUT2D eigenvalue weighted by Crippen LogP contribution is -2.22. The van der Waals surface area contributed by atoms with Crippen LogP contribution in [0.25, 0.3) is 0 Å². The maximum atomic E-state index is 5.46. The first kappa shape index (κ1) is 15.6. The van der Waals surface area contributed by atoms with Gasteiger partial charge in [0.2, 0.25) is 0 Å². The molecule has 4 nitrogen and oxygen atoms in total. The Morgan fingerprint density at radius 3 is 2.71 bits per heavy atom. The molecule has 2 aromatic rings. The molecule has 0 unspecified atom stereocenters. The number of para-hydroxylation sites is 1. The lowest BCUT2D eigenvalue weighted by Gasteiger charge is -2.23. The average molecular weight is 287 g/mol. The maximum absolute atomic E-state index is 5.46. The van der Waals surface area contributed by atoms with Gasteiger partial charge < -0.3 is 14.7 Å². The van der Waals surface area contributed by atoms with Crippen molar-refractivity contribution in [1.82, 2.24) is 10.5 Å². The maximum Gasteiger partial charge on any atom is 0.156 e. The molecule has 0 aliphatic carbocycles. The summed E-state index contributed by atoms with van der Waals surface area (Å²) < 4.78 is 5.46.